The van der Waals surface area contributed by atoms with Crippen LogP contribution in [0.4, 0.5) is 16.2 Å². The Balaban J connectivity index is 1.43. The standard InChI is InChI=1S/C40H49N5O12/c1-18-10-19(2)12-21(11-18)37(53)56-17-57-38(54)45(39(3,4)5)16-26(46)42-24-15-25(43(6)7)22-13-20-14-23-30(44(8)9)33(49)29(36(41)52)35(51)40(23,55)34(50)27(20)32(48)28(22)31(24)47/h10-12,15,20,23,30,47,49-50,55H,13-14,16-17H2,1-9H3,(H2,41,52)(H,42,46)/t20-,23-,30-,40-/m0/s1. The molecule has 2 aromatic carbocycles. The number of aryl methyl sites for hydroxylation is 2. The maximum Gasteiger partial charge on any atom is 0.413 e. The predicted octanol–water partition coefficient (Wildman–Crippen LogP) is 2.79. The fourth-order valence-corrected chi connectivity index (χ4v) is 8.09. The first-order valence-corrected chi connectivity index (χ1v) is 18.1. The average molecular weight is 792 g/mol. The third-order valence-electron chi connectivity index (χ3n) is 10.6. The number of hydrogen-bond donors (Lipinski definition) is 6. The quantitative estimate of drug-likeness (QED) is 0.0926. The van der Waals surface area contributed by atoms with E-state index in [4.69, 9.17) is 15.2 Å². The van der Waals surface area contributed by atoms with Gasteiger partial charge in [-0.25, -0.2) is 9.59 Å². The van der Waals surface area contributed by atoms with Crippen LogP contribution in [0.15, 0.2) is 46.9 Å². The zero-order valence-electron chi connectivity index (χ0n) is 33.3. The Labute approximate surface area is 329 Å². The number of carbonyl (C=O) groups excluding carboxylic acids is 6. The van der Waals surface area contributed by atoms with Crippen molar-refractivity contribution in [2.45, 2.75) is 64.6 Å². The van der Waals surface area contributed by atoms with Crippen LogP contribution in [0, 0.1) is 25.7 Å². The molecule has 3 aliphatic carbocycles. The van der Waals surface area contributed by atoms with Crippen molar-refractivity contribution in [3.05, 3.63) is 74.7 Å². The van der Waals surface area contributed by atoms with Gasteiger partial charge in [0.25, 0.3) is 5.91 Å². The van der Waals surface area contributed by atoms with E-state index in [2.05, 4.69) is 5.32 Å². The van der Waals surface area contributed by atoms with E-state index in [-0.39, 0.29) is 35.2 Å². The summed E-state index contributed by atoms with van der Waals surface area (Å²) >= 11 is 0. The van der Waals surface area contributed by atoms with Gasteiger partial charge in [0.2, 0.25) is 18.5 Å². The van der Waals surface area contributed by atoms with Crippen LogP contribution < -0.4 is 16.0 Å². The third-order valence-corrected chi connectivity index (χ3v) is 10.6. The molecule has 0 heterocycles. The number of rotatable bonds is 9. The fourth-order valence-electron chi connectivity index (χ4n) is 8.09. The molecule has 0 saturated heterocycles. The normalized spacial score (nSPS) is 21.7. The van der Waals surface area contributed by atoms with Crippen LogP contribution in [0.2, 0.25) is 0 Å². The SMILES string of the molecule is Cc1cc(C)cc(C(=O)OCOC(=O)N(CC(=O)Nc2cc(N(C)C)c3c(c2O)C(=O)C2=C(O)[C@]4(O)C(=O)C(C(N)=O)=C(O)[C@@H](N(C)C)[C@@H]4C[C@@H]2C3)C(C)(C)C)c1. The minimum atomic E-state index is -2.82. The zero-order valence-corrected chi connectivity index (χ0v) is 33.3. The summed E-state index contributed by atoms with van der Waals surface area (Å²) in [6.45, 7) is 7.23. The van der Waals surface area contributed by atoms with Crippen molar-refractivity contribution in [1.82, 2.24) is 9.80 Å². The van der Waals surface area contributed by atoms with Gasteiger partial charge in [0.05, 0.1) is 22.9 Å². The molecule has 0 saturated carbocycles. The highest BCUT2D eigenvalue weighted by Crippen LogP contribution is 2.54. The van der Waals surface area contributed by atoms with E-state index in [1.54, 1.807) is 66.0 Å². The summed E-state index contributed by atoms with van der Waals surface area (Å²) in [7, 11) is 6.43. The number of fused-ring (bicyclic) bond motifs is 3. The minimum Gasteiger partial charge on any atom is -0.510 e. The van der Waals surface area contributed by atoms with Crippen LogP contribution >= 0.6 is 0 Å². The summed E-state index contributed by atoms with van der Waals surface area (Å²) in [5.74, 6) is -9.53. The van der Waals surface area contributed by atoms with Crippen LogP contribution in [-0.2, 0) is 30.3 Å². The molecule has 4 atom stereocenters. The number of likely N-dealkylation sites (N-methyl/N-ethyl adjacent to an activating group) is 1. The van der Waals surface area contributed by atoms with Crippen LogP contribution in [-0.4, -0.2) is 124 Å². The van der Waals surface area contributed by atoms with Crippen molar-refractivity contribution in [2.24, 2.45) is 17.6 Å². The summed E-state index contributed by atoms with van der Waals surface area (Å²) in [5.41, 5.74) is 2.51. The number of phenolic OH excluding ortho intramolecular Hbond substituents is 1. The number of Topliss-reactive ketones (excluding diaryl/α,β-unsaturated/α-hetero) is 2. The molecule has 7 N–H and O–H groups in total. The lowest BCUT2D eigenvalue weighted by Crippen LogP contribution is -2.63. The van der Waals surface area contributed by atoms with E-state index in [9.17, 15) is 49.2 Å². The maximum absolute atomic E-state index is 14.4. The van der Waals surface area contributed by atoms with Gasteiger partial charge in [-0.05, 0) is 91.2 Å². The zero-order chi connectivity index (χ0) is 42.6. The van der Waals surface area contributed by atoms with Crippen molar-refractivity contribution in [3.8, 4) is 5.75 Å². The molecule has 0 bridgehead atoms. The Morgan fingerprint density at radius 2 is 1.58 bits per heavy atom. The van der Waals surface area contributed by atoms with E-state index in [1.807, 2.05) is 19.9 Å². The van der Waals surface area contributed by atoms with Crippen molar-refractivity contribution >= 4 is 46.8 Å². The number of ketones is 2. The van der Waals surface area contributed by atoms with E-state index >= 15 is 0 Å². The van der Waals surface area contributed by atoms with E-state index in [0.717, 1.165) is 16.0 Å². The third kappa shape index (κ3) is 7.51. The molecule has 57 heavy (non-hydrogen) atoms. The summed E-state index contributed by atoms with van der Waals surface area (Å²) in [6.07, 6.45) is -1.05. The van der Waals surface area contributed by atoms with Gasteiger partial charge in [-0.2, -0.15) is 0 Å². The molecule has 17 nitrogen and oxygen atoms in total. The van der Waals surface area contributed by atoms with Crippen LogP contribution in [0.1, 0.15) is 64.6 Å². The number of amides is 3. The first-order chi connectivity index (χ1) is 26.4. The monoisotopic (exact) mass is 791 g/mol. The van der Waals surface area contributed by atoms with E-state index < -0.39 is 101 Å². The number of aromatic hydroxyl groups is 1. The highest BCUT2D eigenvalue weighted by Gasteiger charge is 2.63. The number of nitrogens with two attached hydrogens (primary N) is 1. The Bertz CT molecular complexity index is 2130. The van der Waals surface area contributed by atoms with Gasteiger partial charge >= 0.3 is 12.1 Å². The first kappa shape index (κ1) is 42.2. The number of primary amides is 1. The van der Waals surface area contributed by atoms with Crippen molar-refractivity contribution in [2.75, 3.05) is 51.7 Å². The molecule has 0 aliphatic heterocycles. The summed E-state index contributed by atoms with van der Waals surface area (Å²) in [5, 5.41) is 48.8. The maximum atomic E-state index is 14.4. The van der Waals surface area contributed by atoms with E-state index in [0.29, 0.717) is 11.3 Å². The molecule has 0 aromatic heterocycles. The molecule has 2 aromatic rings. The topological polar surface area (TPSA) is 250 Å². The molecule has 0 spiro atoms. The Hall–Kier alpha value is -5.94. The van der Waals surface area contributed by atoms with E-state index in [1.165, 1.54) is 11.0 Å². The molecule has 17 heteroatoms. The smallest absolute Gasteiger partial charge is 0.413 e. The number of anilines is 2. The molecular formula is C40H49N5O12. The predicted molar refractivity (Wildman–Crippen MR) is 206 cm³/mol. The highest BCUT2D eigenvalue weighted by molar-refractivity contribution is 6.25. The van der Waals surface area contributed by atoms with Gasteiger partial charge in [0, 0.05) is 36.8 Å². The van der Waals surface area contributed by atoms with Gasteiger partial charge in [-0.3, -0.25) is 29.0 Å². The number of esters is 1. The van der Waals surface area contributed by atoms with Crippen molar-refractivity contribution in [3.63, 3.8) is 0 Å². The van der Waals surface area contributed by atoms with Crippen LogP contribution in [0.5, 0.6) is 5.75 Å². The first-order valence-electron chi connectivity index (χ1n) is 18.1. The average Bonchev–Trinajstić information content (AvgIpc) is 3.08. The number of aliphatic hydroxyl groups excluding tert-OH is 2. The molecule has 306 valence electrons. The van der Waals surface area contributed by atoms with Crippen molar-refractivity contribution in [1.29, 1.82) is 0 Å². The van der Waals surface area contributed by atoms with Gasteiger partial charge < -0.3 is 45.9 Å². The van der Waals surface area contributed by atoms with Crippen LogP contribution in [0.3, 0.4) is 0 Å². The molecule has 0 unspecified atom stereocenters. The van der Waals surface area contributed by atoms with Gasteiger partial charge in [0.15, 0.2) is 17.1 Å². The number of carbonyl (C=O) groups is 6. The fraction of sp³-hybridized carbons (Fsp3) is 0.450. The van der Waals surface area contributed by atoms with Crippen LogP contribution in [0.25, 0.3) is 0 Å². The second kappa shape index (κ2) is 15.2. The number of nitrogens with zero attached hydrogens (tertiary/aromatic N) is 3. The molecule has 0 radical (unpaired) electrons. The second-order valence-electron chi connectivity index (χ2n) is 16.1. The lowest BCUT2D eigenvalue weighted by molar-refractivity contribution is -0.148. The second-order valence-corrected chi connectivity index (χ2v) is 16.1. The van der Waals surface area contributed by atoms with Crippen molar-refractivity contribution < 1.29 is 58.7 Å². The number of benzene rings is 2. The molecule has 0 fully saturated rings. The Morgan fingerprint density at radius 3 is 2.12 bits per heavy atom. The molecule has 3 amide bonds. The van der Waals surface area contributed by atoms with Gasteiger partial charge in [-0.1, -0.05) is 17.2 Å². The molecule has 3 aliphatic rings. The molecular weight excluding hydrogens is 742 g/mol. The summed E-state index contributed by atoms with van der Waals surface area (Å²) in [6, 6.07) is 5.44. The number of allylic oxidation sites excluding steroid dienone is 1. The Morgan fingerprint density at radius 1 is 0.965 bits per heavy atom. The lowest BCUT2D eigenvalue weighted by atomic mass is 9.58. The summed E-state index contributed by atoms with van der Waals surface area (Å²) < 4.78 is 10.3. The molecule has 5 rings (SSSR count). The highest BCUT2D eigenvalue weighted by atomic mass is 16.7. The number of phenols is 1. The van der Waals surface area contributed by atoms with Gasteiger partial charge in [-0.15, -0.1) is 0 Å². The number of hydrogen-bond acceptors (Lipinski definition) is 14. The minimum absolute atomic E-state index is 0.0293. The number of aliphatic hydroxyl groups is 3. The number of ether oxygens (including phenoxy) is 2. The lowest BCUT2D eigenvalue weighted by Gasteiger charge is -2.50. The Kier molecular flexibility index (Phi) is 11.2. The van der Waals surface area contributed by atoms with Gasteiger partial charge in [0.1, 0.15) is 23.6 Å². The summed E-state index contributed by atoms with van der Waals surface area (Å²) in [4.78, 5) is 83.9. The number of nitrogens with one attached hydrogen (secondary N) is 1. The largest absolute Gasteiger partial charge is 0.510 e.